The third-order valence-corrected chi connectivity index (χ3v) is 6.36. The average Bonchev–Trinajstić information content (AvgIpc) is 3.45. The van der Waals surface area contributed by atoms with Crippen molar-refractivity contribution >= 4 is 5.96 Å². The summed E-state index contributed by atoms with van der Waals surface area (Å²) in [7, 11) is 1.98. The van der Waals surface area contributed by atoms with Crippen LogP contribution < -0.4 is 5.32 Å². The molecule has 0 bridgehead atoms. The molecule has 3 aliphatic heterocycles. The molecule has 1 N–H and O–H groups in total. The van der Waals surface area contributed by atoms with Crippen molar-refractivity contribution in [3.05, 3.63) is 11.6 Å². The zero-order valence-electron chi connectivity index (χ0n) is 19.0. The van der Waals surface area contributed by atoms with E-state index in [4.69, 9.17) is 19.2 Å². The Morgan fingerprint density at radius 2 is 1.94 bits per heavy atom. The van der Waals surface area contributed by atoms with E-state index in [0.29, 0.717) is 13.2 Å². The van der Waals surface area contributed by atoms with Crippen molar-refractivity contribution in [3.63, 3.8) is 0 Å². The fraction of sp³-hybridized carbons (Fsp3) is 0.857. The summed E-state index contributed by atoms with van der Waals surface area (Å²) in [6, 6.07) is 0. The summed E-state index contributed by atoms with van der Waals surface area (Å²) in [5.74, 6) is 2.69. The fourth-order valence-corrected chi connectivity index (χ4v) is 4.32. The lowest BCUT2D eigenvalue weighted by atomic mass is 10.1. The van der Waals surface area contributed by atoms with Crippen LogP contribution in [0.2, 0.25) is 0 Å². The highest BCUT2D eigenvalue weighted by molar-refractivity contribution is 5.80. The standard InChI is InChI=1S/C21H37N7O3/c1-17-24-25-20(26(17)2)15-23-21(22-6-4-7-27-8-12-29-13-9-27)28-10-14-31-19(16-28)18-5-3-11-30-18/h18-19H,3-16H2,1-2H3,(H,22,23). The van der Waals surface area contributed by atoms with Gasteiger partial charge in [0.25, 0.3) is 0 Å². The Morgan fingerprint density at radius 1 is 1.10 bits per heavy atom. The quantitative estimate of drug-likeness (QED) is 0.368. The lowest BCUT2D eigenvalue weighted by Gasteiger charge is -2.37. The molecule has 0 saturated carbocycles. The van der Waals surface area contributed by atoms with Gasteiger partial charge in [-0.2, -0.15) is 0 Å². The number of aliphatic imine (C=N–C) groups is 1. The monoisotopic (exact) mass is 435 g/mol. The molecule has 3 saturated heterocycles. The predicted molar refractivity (Wildman–Crippen MR) is 117 cm³/mol. The first kappa shape index (κ1) is 22.4. The molecule has 0 radical (unpaired) electrons. The van der Waals surface area contributed by atoms with Crippen LogP contribution in [0.4, 0.5) is 0 Å². The van der Waals surface area contributed by atoms with E-state index < -0.39 is 0 Å². The molecule has 0 aromatic carbocycles. The Hall–Kier alpha value is -1.75. The number of ether oxygens (including phenoxy) is 3. The van der Waals surface area contributed by atoms with E-state index in [1.807, 2.05) is 18.5 Å². The van der Waals surface area contributed by atoms with Gasteiger partial charge in [0, 0.05) is 46.4 Å². The Balaban J connectivity index is 1.36. The second-order valence-electron chi connectivity index (χ2n) is 8.50. The van der Waals surface area contributed by atoms with Gasteiger partial charge in [0.15, 0.2) is 11.8 Å². The molecule has 2 unspecified atom stereocenters. The normalized spacial score (nSPS) is 25.9. The van der Waals surface area contributed by atoms with Gasteiger partial charge in [0.05, 0.1) is 25.9 Å². The minimum absolute atomic E-state index is 0.105. The number of hydrogen-bond acceptors (Lipinski definition) is 7. The molecule has 0 amide bonds. The van der Waals surface area contributed by atoms with Gasteiger partial charge in [-0.05, 0) is 32.7 Å². The fourth-order valence-electron chi connectivity index (χ4n) is 4.32. The van der Waals surface area contributed by atoms with Crippen LogP contribution in [0.5, 0.6) is 0 Å². The molecular weight excluding hydrogens is 398 g/mol. The topological polar surface area (TPSA) is 89.3 Å². The summed E-state index contributed by atoms with van der Waals surface area (Å²) >= 11 is 0. The number of nitrogens with zero attached hydrogens (tertiary/aromatic N) is 6. The van der Waals surface area contributed by atoms with Gasteiger partial charge in [-0.15, -0.1) is 10.2 Å². The summed E-state index contributed by atoms with van der Waals surface area (Å²) in [6.45, 7) is 11.3. The van der Waals surface area contributed by atoms with Crippen molar-refractivity contribution in [2.45, 2.75) is 44.9 Å². The lowest BCUT2D eigenvalue weighted by Crippen LogP contribution is -2.53. The largest absolute Gasteiger partial charge is 0.379 e. The Kier molecular flexibility index (Phi) is 8.12. The molecule has 4 heterocycles. The number of guanidine groups is 1. The van der Waals surface area contributed by atoms with Gasteiger partial charge in [-0.3, -0.25) is 4.90 Å². The molecule has 0 spiro atoms. The molecule has 10 nitrogen and oxygen atoms in total. The third-order valence-electron chi connectivity index (χ3n) is 6.36. The third kappa shape index (κ3) is 6.15. The highest BCUT2D eigenvalue weighted by Gasteiger charge is 2.32. The molecule has 31 heavy (non-hydrogen) atoms. The summed E-state index contributed by atoms with van der Waals surface area (Å²) in [4.78, 5) is 9.69. The van der Waals surface area contributed by atoms with E-state index in [2.05, 4.69) is 25.3 Å². The molecule has 1 aromatic rings. The molecule has 0 aliphatic carbocycles. The first-order valence-corrected chi connectivity index (χ1v) is 11.6. The summed E-state index contributed by atoms with van der Waals surface area (Å²) < 4.78 is 19.4. The van der Waals surface area contributed by atoms with Crippen molar-refractivity contribution in [3.8, 4) is 0 Å². The highest BCUT2D eigenvalue weighted by atomic mass is 16.5. The van der Waals surface area contributed by atoms with Crippen LogP contribution in [-0.2, 0) is 27.8 Å². The number of rotatable bonds is 7. The smallest absolute Gasteiger partial charge is 0.194 e. The van der Waals surface area contributed by atoms with Crippen molar-refractivity contribution in [1.82, 2.24) is 29.9 Å². The summed E-state index contributed by atoms with van der Waals surface area (Å²) in [6.07, 6.45) is 3.58. The first-order chi connectivity index (χ1) is 15.2. The average molecular weight is 436 g/mol. The van der Waals surface area contributed by atoms with Crippen LogP contribution in [-0.4, -0.2) is 108 Å². The van der Waals surface area contributed by atoms with Crippen molar-refractivity contribution in [1.29, 1.82) is 0 Å². The molecule has 3 aliphatic rings. The van der Waals surface area contributed by atoms with Crippen molar-refractivity contribution in [2.24, 2.45) is 12.0 Å². The van der Waals surface area contributed by atoms with E-state index in [1.165, 1.54) is 0 Å². The van der Waals surface area contributed by atoms with Gasteiger partial charge in [0.2, 0.25) is 0 Å². The van der Waals surface area contributed by atoms with Gasteiger partial charge in [-0.25, -0.2) is 4.99 Å². The van der Waals surface area contributed by atoms with E-state index in [-0.39, 0.29) is 12.2 Å². The maximum absolute atomic E-state index is 6.04. The van der Waals surface area contributed by atoms with Crippen molar-refractivity contribution in [2.75, 3.05) is 65.7 Å². The minimum atomic E-state index is 0.105. The second kappa shape index (κ2) is 11.2. The Morgan fingerprint density at radius 3 is 2.68 bits per heavy atom. The van der Waals surface area contributed by atoms with E-state index in [1.54, 1.807) is 0 Å². The van der Waals surface area contributed by atoms with Crippen LogP contribution in [0.25, 0.3) is 0 Å². The number of aromatic nitrogens is 3. The van der Waals surface area contributed by atoms with E-state index >= 15 is 0 Å². The van der Waals surface area contributed by atoms with E-state index in [0.717, 1.165) is 96.0 Å². The van der Waals surface area contributed by atoms with Crippen LogP contribution in [0.1, 0.15) is 30.9 Å². The van der Waals surface area contributed by atoms with Gasteiger partial charge < -0.3 is 29.0 Å². The van der Waals surface area contributed by atoms with Crippen LogP contribution in [0, 0.1) is 6.92 Å². The molecule has 10 heteroatoms. The minimum Gasteiger partial charge on any atom is -0.379 e. The highest BCUT2D eigenvalue weighted by Crippen LogP contribution is 2.21. The van der Waals surface area contributed by atoms with Gasteiger partial charge >= 0.3 is 0 Å². The molecule has 1 aromatic heterocycles. The van der Waals surface area contributed by atoms with E-state index in [9.17, 15) is 0 Å². The summed E-state index contributed by atoms with van der Waals surface area (Å²) in [5, 5.41) is 12.0. The maximum atomic E-state index is 6.04. The van der Waals surface area contributed by atoms with Crippen LogP contribution >= 0.6 is 0 Å². The first-order valence-electron chi connectivity index (χ1n) is 11.6. The molecular formula is C21H37N7O3. The zero-order valence-corrected chi connectivity index (χ0v) is 19.0. The van der Waals surface area contributed by atoms with Gasteiger partial charge in [0.1, 0.15) is 18.5 Å². The second-order valence-corrected chi connectivity index (χ2v) is 8.50. The molecule has 4 rings (SSSR count). The number of nitrogens with one attached hydrogen (secondary N) is 1. The van der Waals surface area contributed by atoms with Crippen molar-refractivity contribution < 1.29 is 14.2 Å². The maximum Gasteiger partial charge on any atom is 0.194 e. The lowest BCUT2D eigenvalue weighted by molar-refractivity contribution is -0.0817. The molecule has 2 atom stereocenters. The SMILES string of the molecule is Cc1nnc(CN=C(NCCCN2CCOCC2)N2CCOC(C3CCCO3)C2)n1C. The van der Waals surface area contributed by atoms with Crippen LogP contribution in [0.15, 0.2) is 4.99 Å². The Bertz CT molecular complexity index is 714. The summed E-state index contributed by atoms with van der Waals surface area (Å²) in [5.41, 5.74) is 0. The number of morpholine rings is 2. The van der Waals surface area contributed by atoms with Crippen LogP contribution in [0.3, 0.4) is 0 Å². The Labute approximate surface area is 184 Å². The zero-order chi connectivity index (χ0) is 21.5. The number of aryl methyl sites for hydroxylation is 1. The predicted octanol–water partition coefficient (Wildman–Crippen LogP) is 0.171. The number of hydrogen-bond donors (Lipinski definition) is 1. The van der Waals surface area contributed by atoms with Gasteiger partial charge in [-0.1, -0.05) is 0 Å². The molecule has 3 fully saturated rings. The molecule has 174 valence electrons.